The molecule has 2 rings (SSSR count). The summed E-state index contributed by atoms with van der Waals surface area (Å²) < 4.78 is 0. The molecule has 0 saturated heterocycles. The van der Waals surface area contributed by atoms with Crippen LogP contribution in [0.4, 0.5) is 0 Å². The average Bonchev–Trinajstić information content (AvgIpc) is 2.28. The number of primary amides is 1. The summed E-state index contributed by atoms with van der Waals surface area (Å²) >= 11 is 0. The SMILES string of the molecule is NC(=O)c1cc2ccccc2nc1CCO. The molecule has 4 heteroatoms. The zero-order chi connectivity index (χ0) is 11.5. The van der Waals surface area contributed by atoms with E-state index in [0.29, 0.717) is 17.7 Å². The Morgan fingerprint density at radius 2 is 2.12 bits per heavy atom. The number of hydrogen-bond acceptors (Lipinski definition) is 3. The number of pyridine rings is 1. The van der Waals surface area contributed by atoms with Gasteiger partial charge in [0.15, 0.2) is 0 Å². The van der Waals surface area contributed by atoms with Gasteiger partial charge in [-0.2, -0.15) is 0 Å². The van der Waals surface area contributed by atoms with Gasteiger partial charge in [-0.05, 0) is 12.1 Å². The number of aliphatic hydroxyl groups is 1. The highest BCUT2D eigenvalue weighted by molar-refractivity contribution is 5.97. The number of benzene rings is 1. The van der Waals surface area contributed by atoms with Gasteiger partial charge in [0.1, 0.15) is 0 Å². The Morgan fingerprint density at radius 3 is 2.81 bits per heavy atom. The minimum absolute atomic E-state index is 0.0500. The van der Waals surface area contributed by atoms with Gasteiger partial charge in [-0.3, -0.25) is 9.78 Å². The number of aliphatic hydroxyl groups excluding tert-OH is 1. The van der Waals surface area contributed by atoms with Gasteiger partial charge in [-0.1, -0.05) is 18.2 Å². The Hall–Kier alpha value is -1.94. The third-order valence-electron chi connectivity index (χ3n) is 2.42. The van der Waals surface area contributed by atoms with Gasteiger partial charge in [0.2, 0.25) is 0 Å². The van der Waals surface area contributed by atoms with E-state index in [1.807, 2.05) is 24.3 Å². The van der Waals surface area contributed by atoms with Crippen LogP contribution in [0.15, 0.2) is 30.3 Å². The van der Waals surface area contributed by atoms with Crippen LogP contribution in [0.5, 0.6) is 0 Å². The van der Waals surface area contributed by atoms with Crippen LogP contribution in [-0.4, -0.2) is 22.6 Å². The second-order valence-electron chi connectivity index (χ2n) is 3.51. The van der Waals surface area contributed by atoms with Crippen LogP contribution in [0.2, 0.25) is 0 Å². The molecule has 0 fully saturated rings. The first-order valence-corrected chi connectivity index (χ1v) is 5.01. The fraction of sp³-hybridized carbons (Fsp3) is 0.167. The van der Waals surface area contributed by atoms with E-state index in [9.17, 15) is 4.79 Å². The van der Waals surface area contributed by atoms with Crippen LogP contribution in [0.25, 0.3) is 10.9 Å². The smallest absolute Gasteiger partial charge is 0.250 e. The van der Waals surface area contributed by atoms with Gasteiger partial charge in [-0.25, -0.2) is 0 Å². The topological polar surface area (TPSA) is 76.2 Å². The Labute approximate surface area is 92.7 Å². The molecular weight excluding hydrogens is 204 g/mol. The van der Waals surface area contributed by atoms with E-state index in [2.05, 4.69) is 4.98 Å². The summed E-state index contributed by atoms with van der Waals surface area (Å²) in [5.74, 6) is -0.512. The van der Waals surface area contributed by atoms with Crippen LogP contribution in [0.3, 0.4) is 0 Å². The van der Waals surface area contributed by atoms with Crippen LogP contribution in [0.1, 0.15) is 16.1 Å². The summed E-state index contributed by atoms with van der Waals surface area (Å²) in [5, 5.41) is 9.78. The first-order valence-electron chi connectivity index (χ1n) is 5.01. The minimum atomic E-state index is -0.512. The summed E-state index contributed by atoms with van der Waals surface area (Å²) in [6.45, 7) is -0.0500. The van der Waals surface area contributed by atoms with Gasteiger partial charge in [0.05, 0.1) is 16.8 Å². The molecule has 0 radical (unpaired) electrons. The van der Waals surface area contributed by atoms with E-state index in [1.165, 1.54) is 0 Å². The molecule has 0 aliphatic heterocycles. The van der Waals surface area contributed by atoms with Crippen LogP contribution in [-0.2, 0) is 6.42 Å². The highest BCUT2D eigenvalue weighted by Crippen LogP contribution is 2.16. The fourth-order valence-corrected chi connectivity index (χ4v) is 1.67. The van der Waals surface area contributed by atoms with E-state index in [4.69, 9.17) is 10.8 Å². The molecule has 0 aliphatic rings. The zero-order valence-electron chi connectivity index (χ0n) is 8.68. The van der Waals surface area contributed by atoms with Crippen molar-refractivity contribution in [3.05, 3.63) is 41.6 Å². The average molecular weight is 216 g/mol. The van der Waals surface area contributed by atoms with Crippen molar-refractivity contribution in [1.29, 1.82) is 0 Å². The maximum absolute atomic E-state index is 11.2. The molecule has 0 aliphatic carbocycles. The predicted octanol–water partition coefficient (Wildman–Crippen LogP) is 0.868. The quantitative estimate of drug-likeness (QED) is 0.799. The van der Waals surface area contributed by atoms with E-state index in [-0.39, 0.29) is 6.61 Å². The predicted molar refractivity (Wildman–Crippen MR) is 61.1 cm³/mol. The summed E-state index contributed by atoms with van der Waals surface area (Å²) in [4.78, 5) is 15.6. The zero-order valence-corrected chi connectivity index (χ0v) is 8.68. The van der Waals surface area contributed by atoms with Crippen LogP contribution < -0.4 is 5.73 Å². The van der Waals surface area contributed by atoms with E-state index >= 15 is 0 Å². The Kier molecular flexibility index (Phi) is 2.83. The number of carbonyl (C=O) groups excluding carboxylic acids is 1. The largest absolute Gasteiger partial charge is 0.396 e. The highest BCUT2D eigenvalue weighted by Gasteiger charge is 2.10. The lowest BCUT2D eigenvalue weighted by atomic mass is 10.1. The highest BCUT2D eigenvalue weighted by atomic mass is 16.3. The van der Waals surface area contributed by atoms with Gasteiger partial charge in [-0.15, -0.1) is 0 Å². The molecule has 16 heavy (non-hydrogen) atoms. The van der Waals surface area contributed by atoms with E-state index < -0.39 is 5.91 Å². The molecule has 4 nitrogen and oxygen atoms in total. The molecule has 82 valence electrons. The molecule has 0 saturated carbocycles. The van der Waals surface area contributed by atoms with Gasteiger partial charge >= 0.3 is 0 Å². The lowest BCUT2D eigenvalue weighted by Crippen LogP contribution is -2.15. The second kappa shape index (κ2) is 4.28. The van der Waals surface area contributed by atoms with E-state index in [0.717, 1.165) is 10.9 Å². The van der Waals surface area contributed by atoms with E-state index in [1.54, 1.807) is 6.07 Å². The third-order valence-corrected chi connectivity index (χ3v) is 2.42. The maximum Gasteiger partial charge on any atom is 0.250 e. The number of fused-ring (bicyclic) bond motifs is 1. The molecule has 0 spiro atoms. The normalized spacial score (nSPS) is 10.6. The van der Waals surface area contributed by atoms with Crippen molar-refractivity contribution in [3.8, 4) is 0 Å². The Bertz CT molecular complexity index is 538. The Balaban J connectivity index is 2.65. The molecular formula is C12H12N2O2. The summed E-state index contributed by atoms with van der Waals surface area (Å²) in [6, 6.07) is 9.21. The first-order chi connectivity index (χ1) is 7.72. The minimum Gasteiger partial charge on any atom is -0.396 e. The number of nitrogens with two attached hydrogens (primary N) is 1. The van der Waals surface area contributed by atoms with Crippen molar-refractivity contribution in [3.63, 3.8) is 0 Å². The number of carbonyl (C=O) groups is 1. The number of aromatic nitrogens is 1. The van der Waals surface area contributed by atoms with Gasteiger partial charge in [0.25, 0.3) is 5.91 Å². The molecule has 0 unspecified atom stereocenters. The van der Waals surface area contributed by atoms with Crippen LogP contribution in [0, 0.1) is 0 Å². The summed E-state index contributed by atoms with van der Waals surface area (Å²) in [7, 11) is 0. The fourth-order valence-electron chi connectivity index (χ4n) is 1.67. The van der Waals surface area contributed by atoms with Crippen molar-refractivity contribution in [2.45, 2.75) is 6.42 Å². The lowest BCUT2D eigenvalue weighted by molar-refractivity contribution is 0.0999. The molecule has 0 atom stereocenters. The Morgan fingerprint density at radius 1 is 1.38 bits per heavy atom. The molecule has 1 heterocycles. The summed E-state index contributed by atoms with van der Waals surface area (Å²) in [6.07, 6.45) is 0.336. The lowest BCUT2D eigenvalue weighted by Gasteiger charge is -2.06. The molecule has 1 amide bonds. The number of para-hydroxylation sites is 1. The summed E-state index contributed by atoms with van der Waals surface area (Å²) in [5.41, 5.74) is 7.01. The maximum atomic E-state index is 11.2. The monoisotopic (exact) mass is 216 g/mol. The third kappa shape index (κ3) is 1.87. The van der Waals surface area contributed by atoms with Crippen molar-refractivity contribution < 1.29 is 9.90 Å². The number of nitrogens with zero attached hydrogens (tertiary/aromatic N) is 1. The molecule has 0 bridgehead atoms. The van der Waals surface area contributed by atoms with Gasteiger partial charge < -0.3 is 10.8 Å². The molecule has 1 aromatic carbocycles. The van der Waals surface area contributed by atoms with Crippen molar-refractivity contribution in [2.24, 2.45) is 5.73 Å². The van der Waals surface area contributed by atoms with Gasteiger partial charge in [0, 0.05) is 18.4 Å². The van der Waals surface area contributed by atoms with Crippen LogP contribution >= 0.6 is 0 Å². The second-order valence-corrected chi connectivity index (χ2v) is 3.51. The number of hydrogen-bond donors (Lipinski definition) is 2. The molecule has 1 aromatic heterocycles. The number of rotatable bonds is 3. The van der Waals surface area contributed by atoms with Crippen molar-refractivity contribution >= 4 is 16.8 Å². The van der Waals surface area contributed by atoms with Crippen molar-refractivity contribution in [1.82, 2.24) is 4.98 Å². The van der Waals surface area contributed by atoms with Crippen molar-refractivity contribution in [2.75, 3.05) is 6.61 Å². The number of amides is 1. The molecule has 2 aromatic rings. The molecule has 3 N–H and O–H groups in total. The first kappa shape index (κ1) is 10.6. The standard InChI is InChI=1S/C12H12N2O2/c13-12(16)9-7-8-3-1-2-4-10(8)14-11(9)5-6-15/h1-4,7,15H,5-6H2,(H2,13,16).